The molecule has 0 atom stereocenters. The van der Waals surface area contributed by atoms with Gasteiger partial charge in [0.25, 0.3) is 0 Å². The lowest BCUT2D eigenvalue weighted by Crippen LogP contribution is -2.23. The third kappa shape index (κ3) is 3.31. The summed E-state index contributed by atoms with van der Waals surface area (Å²) in [6, 6.07) is 1.25. The molecular formula is C15H16O8. The summed E-state index contributed by atoms with van der Waals surface area (Å²) in [5.41, 5.74) is -0.994. The molecule has 0 aliphatic rings. The lowest BCUT2D eigenvalue weighted by molar-refractivity contribution is 0.0521. The Morgan fingerprint density at radius 1 is 0.652 bits per heavy atom. The molecule has 0 fully saturated rings. The van der Waals surface area contributed by atoms with Crippen LogP contribution in [-0.4, -0.2) is 52.3 Å². The van der Waals surface area contributed by atoms with Gasteiger partial charge in [-0.1, -0.05) is 0 Å². The summed E-state index contributed by atoms with van der Waals surface area (Å²) in [4.78, 5) is 48.1. The molecule has 0 saturated carbocycles. The van der Waals surface area contributed by atoms with Crippen LogP contribution in [0.2, 0.25) is 0 Å². The topological polar surface area (TPSA) is 105 Å². The number of benzene rings is 1. The summed E-state index contributed by atoms with van der Waals surface area (Å²) in [5, 5.41) is 0. The number of esters is 4. The molecule has 8 nitrogen and oxygen atoms in total. The Morgan fingerprint density at radius 3 is 1.48 bits per heavy atom. The molecule has 1 aromatic carbocycles. The SMILES string of the molecule is COC(=O)c1cc(C)c(C(=O)OC)c(C(=O)OC)c1C(=O)OC. The van der Waals surface area contributed by atoms with Crippen LogP contribution < -0.4 is 0 Å². The fourth-order valence-corrected chi connectivity index (χ4v) is 2.07. The summed E-state index contributed by atoms with van der Waals surface area (Å²) >= 11 is 0. The summed E-state index contributed by atoms with van der Waals surface area (Å²) in [6.45, 7) is 1.48. The molecule has 0 aliphatic carbocycles. The number of hydrogen-bond acceptors (Lipinski definition) is 8. The molecule has 0 amide bonds. The van der Waals surface area contributed by atoms with Crippen molar-refractivity contribution in [2.45, 2.75) is 6.92 Å². The zero-order valence-corrected chi connectivity index (χ0v) is 13.3. The molecule has 0 unspecified atom stereocenters. The van der Waals surface area contributed by atoms with Crippen LogP contribution in [0.3, 0.4) is 0 Å². The first-order chi connectivity index (χ1) is 10.8. The van der Waals surface area contributed by atoms with Crippen molar-refractivity contribution >= 4 is 23.9 Å². The van der Waals surface area contributed by atoms with Gasteiger partial charge in [-0.25, -0.2) is 19.2 Å². The molecule has 0 radical (unpaired) electrons. The lowest BCUT2D eigenvalue weighted by atomic mass is 9.91. The van der Waals surface area contributed by atoms with Gasteiger partial charge in [-0.05, 0) is 18.6 Å². The Bertz CT molecular complexity index is 675. The van der Waals surface area contributed by atoms with Crippen LogP contribution in [0.5, 0.6) is 0 Å². The number of carbonyl (C=O) groups excluding carboxylic acids is 4. The molecule has 0 aromatic heterocycles. The van der Waals surface area contributed by atoms with Gasteiger partial charge in [-0.3, -0.25) is 0 Å². The van der Waals surface area contributed by atoms with Crippen molar-refractivity contribution in [1.82, 2.24) is 0 Å². The number of rotatable bonds is 4. The quantitative estimate of drug-likeness (QED) is 0.600. The highest BCUT2D eigenvalue weighted by atomic mass is 16.5. The third-order valence-electron chi connectivity index (χ3n) is 3.10. The van der Waals surface area contributed by atoms with E-state index in [2.05, 4.69) is 18.9 Å². The van der Waals surface area contributed by atoms with Crippen LogP contribution in [0.25, 0.3) is 0 Å². The Kier molecular flexibility index (Phi) is 5.83. The minimum atomic E-state index is -0.990. The van der Waals surface area contributed by atoms with E-state index in [1.165, 1.54) is 13.0 Å². The minimum Gasteiger partial charge on any atom is -0.465 e. The number of methoxy groups -OCH3 is 4. The van der Waals surface area contributed by atoms with E-state index in [4.69, 9.17) is 0 Å². The van der Waals surface area contributed by atoms with Gasteiger partial charge < -0.3 is 18.9 Å². The van der Waals surface area contributed by atoms with Crippen LogP contribution in [0, 0.1) is 6.92 Å². The molecular weight excluding hydrogens is 308 g/mol. The predicted molar refractivity (Wildman–Crippen MR) is 76.5 cm³/mol. The molecule has 0 bridgehead atoms. The first-order valence-corrected chi connectivity index (χ1v) is 6.34. The minimum absolute atomic E-state index is 0.188. The van der Waals surface area contributed by atoms with Crippen molar-refractivity contribution in [3.8, 4) is 0 Å². The zero-order valence-electron chi connectivity index (χ0n) is 13.3. The molecule has 8 heteroatoms. The van der Waals surface area contributed by atoms with E-state index >= 15 is 0 Å². The van der Waals surface area contributed by atoms with E-state index in [1.807, 2.05) is 0 Å². The van der Waals surface area contributed by atoms with Crippen LogP contribution in [0.4, 0.5) is 0 Å². The Morgan fingerprint density at radius 2 is 1.04 bits per heavy atom. The fraction of sp³-hybridized carbons (Fsp3) is 0.333. The molecule has 124 valence electrons. The van der Waals surface area contributed by atoms with Crippen LogP contribution in [-0.2, 0) is 18.9 Å². The highest BCUT2D eigenvalue weighted by molar-refractivity contribution is 6.15. The Hall–Kier alpha value is -2.90. The van der Waals surface area contributed by atoms with E-state index in [0.717, 1.165) is 28.4 Å². The standard InChI is InChI=1S/C15H16O8/c1-7-6-8(12(16)20-2)10(14(18)22-4)11(15(19)23-5)9(7)13(17)21-3/h6H,1-5H3. The normalized spacial score (nSPS) is 9.78. The predicted octanol–water partition coefficient (Wildman–Crippen LogP) is 1.14. The van der Waals surface area contributed by atoms with Gasteiger partial charge in [0.05, 0.1) is 50.7 Å². The number of hydrogen-bond donors (Lipinski definition) is 0. The molecule has 1 rings (SSSR count). The second-order valence-corrected chi connectivity index (χ2v) is 4.33. The van der Waals surface area contributed by atoms with Crippen molar-refractivity contribution in [1.29, 1.82) is 0 Å². The average molecular weight is 324 g/mol. The van der Waals surface area contributed by atoms with Gasteiger partial charge in [0, 0.05) is 0 Å². The van der Waals surface area contributed by atoms with Gasteiger partial charge in [0.2, 0.25) is 0 Å². The second kappa shape index (κ2) is 7.39. The van der Waals surface area contributed by atoms with Crippen molar-refractivity contribution in [2.24, 2.45) is 0 Å². The highest BCUT2D eigenvalue weighted by Gasteiger charge is 2.33. The van der Waals surface area contributed by atoms with E-state index < -0.39 is 35.0 Å². The van der Waals surface area contributed by atoms with Gasteiger partial charge in [0.1, 0.15) is 0 Å². The molecule has 0 N–H and O–H groups in total. The Balaban J connectivity index is 3.97. The number of aryl methyl sites for hydroxylation is 1. The fourth-order valence-electron chi connectivity index (χ4n) is 2.07. The first kappa shape index (κ1) is 18.1. The van der Waals surface area contributed by atoms with Crippen molar-refractivity contribution < 1.29 is 38.1 Å². The monoisotopic (exact) mass is 324 g/mol. The molecule has 0 saturated heterocycles. The largest absolute Gasteiger partial charge is 0.465 e. The number of carbonyl (C=O) groups is 4. The maximum atomic E-state index is 12.1. The maximum absolute atomic E-state index is 12.1. The van der Waals surface area contributed by atoms with E-state index in [9.17, 15) is 19.2 Å². The summed E-state index contributed by atoms with van der Waals surface area (Å²) in [5.74, 6) is -3.70. The van der Waals surface area contributed by atoms with Gasteiger partial charge in [0.15, 0.2) is 0 Å². The van der Waals surface area contributed by atoms with Crippen LogP contribution in [0.15, 0.2) is 6.07 Å². The summed E-state index contributed by atoms with van der Waals surface area (Å²) < 4.78 is 18.5. The van der Waals surface area contributed by atoms with E-state index in [0.29, 0.717) is 0 Å². The molecule has 0 aliphatic heterocycles. The summed E-state index contributed by atoms with van der Waals surface area (Å²) in [7, 11) is 4.38. The number of ether oxygens (including phenoxy) is 4. The Labute approximate surface area is 132 Å². The van der Waals surface area contributed by atoms with Gasteiger partial charge in [-0.2, -0.15) is 0 Å². The van der Waals surface area contributed by atoms with Gasteiger partial charge >= 0.3 is 23.9 Å². The van der Waals surface area contributed by atoms with Crippen molar-refractivity contribution in [2.75, 3.05) is 28.4 Å². The van der Waals surface area contributed by atoms with Crippen molar-refractivity contribution in [3.05, 3.63) is 33.9 Å². The summed E-state index contributed by atoms with van der Waals surface area (Å²) in [6.07, 6.45) is 0. The van der Waals surface area contributed by atoms with E-state index in [-0.39, 0.29) is 16.7 Å². The van der Waals surface area contributed by atoms with Crippen molar-refractivity contribution in [3.63, 3.8) is 0 Å². The highest BCUT2D eigenvalue weighted by Crippen LogP contribution is 2.26. The smallest absolute Gasteiger partial charge is 0.339 e. The van der Waals surface area contributed by atoms with Gasteiger partial charge in [-0.15, -0.1) is 0 Å². The van der Waals surface area contributed by atoms with Crippen LogP contribution in [0.1, 0.15) is 47.0 Å². The maximum Gasteiger partial charge on any atom is 0.339 e. The third-order valence-corrected chi connectivity index (χ3v) is 3.10. The molecule has 0 spiro atoms. The first-order valence-electron chi connectivity index (χ1n) is 6.34. The average Bonchev–Trinajstić information content (AvgIpc) is 2.57. The van der Waals surface area contributed by atoms with E-state index in [1.54, 1.807) is 0 Å². The zero-order chi connectivity index (χ0) is 17.7. The lowest BCUT2D eigenvalue weighted by Gasteiger charge is -2.16. The molecule has 0 heterocycles. The van der Waals surface area contributed by atoms with Crippen LogP contribution >= 0.6 is 0 Å². The molecule has 23 heavy (non-hydrogen) atoms. The molecule has 1 aromatic rings. The second-order valence-electron chi connectivity index (χ2n) is 4.33.